The fourth-order valence-corrected chi connectivity index (χ4v) is 1.51. The van der Waals surface area contributed by atoms with Gasteiger partial charge in [0, 0.05) is 19.0 Å². The van der Waals surface area contributed by atoms with Crippen LogP contribution in [-0.4, -0.2) is 29.7 Å². The Balaban J connectivity index is 3.98. The number of hydrogen-bond acceptors (Lipinski definition) is 3. The van der Waals surface area contributed by atoms with E-state index in [1.807, 2.05) is 13.8 Å². The number of aliphatic hydroxyl groups is 1. The molecular formula is C11H24N2O2. The Morgan fingerprint density at radius 2 is 2.00 bits per heavy atom. The fourth-order valence-electron chi connectivity index (χ4n) is 1.51. The van der Waals surface area contributed by atoms with Gasteiger partial charge in [-0.05, 0) is 19.3 Å². The van der Waals surface area contributed by atoms with Crippen molar-refractivity contribution in [3.05, 3.63) is 0 Å². The molecule has 2 unspecified atom stereocenters. The smallest absolute Gasteiger partial charge is 0.224 e. The minimum atomic E-state index is -0.835. The van der Waals surface area contributed by atoms with Gasteiger partial charge in [-0.25, -0.2) is 0 Å². The maximum absolute atomic E-state index is 11.4. The molecule has 0 radical (unpaired) electrons. The maximum atomic E-state index is 11.4. The lowest BCUT2D eigenvalue weighted by Crippen LogP contribution is -2.44. The van der Waals surface area contributed by atoms with Crippen LogP contribution >= 0.6 is 0 Å². The number of nitrogens with one attached hydrogen (secondary N) is 1. The number of hydrogen-bond donors (Lipinski definition) is 3. The monoisotopic (exact) mass is 216 g/mol. The van der Waals surface area contributed by atoms with Gasteiger partial charge in [0.05, 0.1) is 5.60 Å². The molecule has 2 atom stereocenters. The van der Waals surface area contributed by atoms with Crippen LogP contribution in [0.4, 0.5) is 0 Å². The molecule has 0 spiro atoms. The van der Waals surface area contributed by atoms with Crippen molar-refractivity contribution in [1.82, 2.24) is 5.32 Å². The van der Waals surface area contributed by atoms with Crippen molar-refractivity contribution < 1.29 is 9.90 Å². The molecule has 0 aliphatic rings. The average molecular weight is 216 g/mol. The molecule has 1 amide bonds. The highest BCUT2D eigenvalue weighted by molar-refractivity contribution is 5.78. The van der Waals surface area contributed by atoms with Crippen molar-refractivity contribution in [2.45, 2.75) is 39.7 Å². The number of carbonyl (C=O) groups excluding carboxylic acids is 1. The molecule has 90 valence electrons. The Morgan fingerprint density at radius 3 is 2.40 bits per heavy atom. The van der Waals surface area contributed by atoms with Crippen molar-refractivity contribution >= 4 is 5.91 Å². The third-order valence-corrected chi connectivity index (χ3v) is 2.29. The summed E-state index contributed by atoms with van der Waals surface area (Å²) in [5.74, 6) is 0.116. The van der Waals surface area contributed by atoms with Gasteiger partial charge < -0.3 is 16.2 Å². The summed E-state index contributed by atoms with van der Waals surface area (Å²) in [6.07, 6.45) is 0.671. The number of amides is 1. The summed E-state index contributed by atoms with van der Waals surface area (Å²) in [5, 5.41) is 12.7. The van der Waals surface area contributed by atoms with Crippen molar-refractivity contribution in [3.63, 3.8) is 0 Å². The fraction of sp³-hybridized carbons (Fsp3) is 0.909. The first-order valence-corrected chi connectivity index (χ1v) is 5.48. The van der Waals surface area contributed by atoms with E-state index in [1.54, 1.807) is 13.8 Å². The summed E-state index contributed by atoms with van der Waals surface area (Å²) in [4.78, 5) is 11.4. The van der Waals surface area contributed by atoms with Crippen LogP contribution < -0.4 is 11.1 Å². The lowest BCUT2D eigenvalue weighted by atomic mass is 9.94. The molecule has 0 aromatic rings. The zero-order valence-corrected chi connectivity index (χ0v) is 10.2. The predicted octanol–water partition coefficient (Wildman–Crippen LogP) is 0.495. The van der Waals surface area contributed by atoms with Crippen LogP contribution in [0.1, 0.15) is 34.1 Å². The molecular weight excluding hydrogens is 192 g/mol. The summed E-state index contributed by atoms with van der Waals surface area (Å²) in [6, 6.07) is 0. The molecule has 0 heterocycles. The van der Waals surface area contributed by atoms with E-state index in [2.05, 4.69) is 5.32 Å². The van der Waals surface area contributed by atoms with E-state index >= 15 is 0 Å². The van der Waals surface area contributed by atoms with Crippen LogP contribution in [0.5, 0.6) is 0 Å². The highest BCUT2D eigenvalue weighted by Crippen LogP contribution is 2.15. The molecule has 15 heavy (non-hydrogen) atoms. The molecule has 0 aromatic carbocycles. The topological polar surface area (TPSA) is 75.3 Å². The molecule has 0 bridgehead atoms. The minimum Gasteiger partial charge on any atom is -0.388 e. The van der Waals surface area contributed by atoms with Gasteiger partial charge >= 0.3 is 0 Å². The van der Waals surface area contributed by atoms with Crippen LogP contribution in [0.2, 0.25) is 0 Å². The second-order valence-corrected chi connectivity index (χ2v) is 4.95. The van der Waals surface area contributed by atoms with Crippen LogP contribution in [0.15, 0.2) is 0 Å². The molecule has 0 aromatic heterocycles. The minimum absolute atomic E-state index is 0.0958. The molecule has 0 aliphatic heterocycles. The summed E-state index contributed by atoms with van der Waals surface area (Å²) in [7, 11) is 0. The average Bonchev–Trinajstić information content (AvgIpc) is 2.11. The zero-order chi connectivity index (χ0) is 12.1. The first-order chi connectivity index (χ1) is 6.78. The lowest BCUT2D eigenvalue weighted by molar-refractivity contribution is -0.125. The quantitative estimate of drug-likeness (QED) is 0.605. The van der Waals surface area contributed by atoms with Crippen molar-refractivity contribution in [3.8, 4) is 0 Å². The second-order valence-electron chi connectivity index (χ2n) is 4.95. The maximum Gasteiger partial charge on any atom is 0.224 e. The first kappa shape index (κ1) is 14.4. The van der Waals surface area contributed by atoms with E-state index in [4.69, 9.17) is 5.73 Å². The molecule has 0 aliphatic carbocycles. The molecule has 0 saturated carbocycles. The van der Waals surface area contributed by atoms with Crippen LogP contribution in [0.25, 0.3) is 0 Å². The summed E-state index contributed by atoms with van der Waals surface area (Å²) in [5.41, 5.74) is 4.53. The third-order valence-electron chi connectivity index (χ3n) is 2.29. The summed E-state index contributed by atoms with van der Waals surface area (Å²) >= 11 is 0. The highest BCUT2D eigenvalue weighted by atomic mass is 16.3. The van der Waals surface area contributed by atoms with E-state index in [1.165, 1.54) is 0 Å². The Bertz CT molecular complexity index is 203. The SMILES string of the molecule is CC(C)CC(C)(O)CNC(=O)C(C)CN. The molecule has 0 fully saturated rings. The predicted molar refractivity (Wildman–Crippen MR) is 61.3 cm³/mol. The highest BCUT2D eigenvalue weighted by Gasteiger charge is 2.23. The summed E-state index contributed by atoms with van der Waals surface area (Å²) < 4.78 is 0. The Morgan fingerprint density at radius 1 is 1.47 bits per heavy atom. The normalized spacial score (nSPS) is 17.3. The van der Waals surface area contributed by atoms with E-state index in [9.17, 15) is 9.90 Å². The standard InChI is InChI=1S/C11H24N2O2/c1-8(2)5-11(4,15)7-13-10(14)9(3)6-12/h8-9,15H,5-7,12H2,1-4H3,(H,13,14). The third kappa shape index (κ3) is 6.47. The van der Waals surface area contributed by atoms with Crippen LogP contribution in [-0.2, 0) is 4.79 Å². The number of rotatable bonds is 6. The number of nitrogens with two attached hydrogens (primary N) is 1. The molecule has 4 N–H and O–H groups in total. The van der Waals surface area contributed by atoms with Gasteiger partial charge in [0.25, 0.3) is 0 Å². The van der Waals surface area contributed by atoms with Gasteiger partial charge in [-0.15, -0.1) is 0 Å². The second kappa shape index (κ2) is 6.08. The van der Waals surface area contributed by atoms with Gasteiger partial charge in [0.2, 0.25) is 5.91 Å². The Hall–Kier alpha value is -0.610. The molecule has 4 heteroatoms. The van der Waals surface area contributed by atoms with E-state index in [0.717, 1.165) is 0 Å². The lowest BCUT2D eigenvalue weighted by Gasteiger charge is -2.26. The van der Waals surface area contributed by atoms with E-state index < -0.39 is 5.60 Å². The van der Waals surface area contributed by atoms with Crippen molar-refractivity contribution in [1.29, 1.82) is 0 Å². The zero-order valence-electron chi connectivity index (χ0n) is 10.2. The van der Waals surface area contributed by atoms with Gasteiger partial charge in [-0.3, -0.25) is 4.79 Å². The van der Waals surface area contributed by atoms with Crippen LogP contribution in [0, 0.1) is 11.8 Å². The Labute approximate surface area is 92.2 Å². The van der Waals surface area contributed by atoms with Gasteiger partial charge in [0.15, 0.2) is 0 Å². The van der Waals surface area contributed by atoms with Crippen LogP contribution in [0.3, 0.4) is 0 Å². The van der Waals surface area contributed by atoms with Crippen molar-refractivity contribution in [2.24, 2.45) is 17.6 Å². The molecule has 0 rings (SSSR count). The first-order valence-electron chi connectivity index (χ1n) is 5.48. The summed E-state index contributed by atoms with van der Waals surface area (Å²) in [6.45, 7) is 8.21. The number of carbonyl (C=O) groups is 1. The largest absolute Gasteiger partial charge is 0.388 e. The van der Waals surface area contributed by atoms with E-state index in [-0.39, 0.29) is 18.4 Å². The van der Waals surface area contributed by atoms with Gasteiger partial charge in [-0.1, -0.05) is 20.8 Å². The van der Waals surface area contributed by atoms with Gasteiger partial charge in [-0.2, -0.15) is 0 Å². The molecule has 0 saturated heterocycles. The Kier molecular flexibility index (Phi) is 5.83. The van der Waals surface area contributed by atoms with Gasteiger partial charge in [0.1, 0.15) is 0 Å². The van der Waals surface area contributed by atoms with Crippen molar-refractivity contribution in [2.75, 3.05) is 13.1 Å². The van der Waals surface area contributed by atoms with E-state index in [0.29, 0.717) is 18.9 Å². The molecule has 4 nitrogen and oxygen atoms in total.